The Morgan fingerprint density at radius 2 is 2.33 bits per heavy atom. The van der Waals surface area contributed by atoms with Gasteiger partial charge in [-0.3, -0.25) is 4.90 Å². The van der Waals surface area contributed by atoms with Crippen LogP contribution in [0.3, 0.4) is 0 Å². The monoisotopic (exact) mass is 252 g/mol. The van der Waals surface area contributed by atoms with Gasteiger partial charge in [-0.25, -0.2) is 4.98 Å². The van der Waals surface area contributed by atoms with Crippen molar-refractivity contribution in [1.29, 1.82) is 0 Å². The second-order valence-electron chi connectivity index (χ2n) is 5.17. The predicted molar refractivity (Wildman–Crippen MR) is 71.5 cm³/mol. The molecule has 0 saturated carbocycles. The SMILES string of the molecule is CNCC1OCCN(C(C)C)C1c1cncn1C. The Balaban J connectivity index is 2.29. The Kier molecular flexibility index (Phi) is 4.37. The highest BCUT2D eigenvalue weighted by Gasteiger charge is 2.35. The molecule has 1 aliphatic rings. The fraction of sp³-hybridized carbons (Fsp3) is 0.769. The van der Waals surface area contributed by atoms with Crippen molar-refractivity contribution in [2.24, 2.45) is 7.05 Å². The summed E-state index contributed by atoms with van der Waals surface area (Å²) in [6.07, 6.45) is 4.00. The molecule has 0 spiro atoms. The van der Waals surface area contributed by atoms with Gasteiger partial charge in [0.25, 0.3) is 0 Å². The van der Waals surface area contributed by atoms with E-state index in [1.54, 1.807) is 0 Å². The maximum Gasteiger partial charge on any atom is 0.0946 e. The summed E-state index contributed by atoms with van der Waals surface area (Å²) in [5.74, 6) is 0. The average Bonchev–Trinajstić information content (AvgIpc) is 2.75. The molecule has 2 atom stereocenters. The first-order chi connectivity index (χ1) is 8.65. The number of rotatable bonds is 4. The van der Waals surface area contributed by atoms with Crippen molar-refractivity contribution in [2.75, 3.05) is 26.7 Å². The van der Waals surface area contributed by atoms with E-state index in [0.29, 0.717) is 6.04 Å². The lowest BCUT2D eigenvalue weighted by Gasteiger charge is -2.43. The molecule has 1 saturated heterocycles. The van der Waals surface area contributed by atoms with Gasteiger partial charge in [0, 0.05) is 32.4 Å². The Labute approximate surface area is 109 Å². The minimum Gasteiger partial charge on any atom is -0.374 e. The standard InChI is InChI=1S/C13H24N4O/c1-10(2)17-5-6-18-12(8-14-3)13(17)11-7-15-9-16(11)4/h7,9-10,12-14H,5-6,8H2,1-4H3. The molecule has 2 unspecified atom stereocenters. The fourth-order valence-electron chi connectivity index (χ4n) is 2.72. The van der Waals surface area contributed by atoms with Crippen molar-refractivity contribution >= 4 is 0 Å². The highest BCUT2D eigenvalue weighted by atomic mass is 16.5. The fourth-order valence-corrected chi connectivity index (χ4v) is 2.72. The number of nitrogens with one attached hydrogen (secondary N) is 1. The van der Waals surface area contributed by atoms with E-state index >= 15 is 0 Å². The van der Waals surface area contributed by atoms with Gasteiger partial charge in [0.1, 0.15) is 0 Å². The van der Waals surface area contributed by atoms with Gasteiger partial charge in [0.15, 0.2) is 0 Å². The number of imidazole rings is 1. The van der Waals surface area contributed by atoms with Crippen LogP contribution in [-0.2, 0) is 11.8 Å². The largest absolute Gasteiger partial charge is 0.374 e. The van der Waals surface area contributed by atoms with Gasteiger partial charge in [-0.15, -0.1) is 0 Å². The predicted octanol–water partition coefficient (Wildman–Crippen LogP) is 0.790. The zero-order valence-corrected chi connectivity index (χ0v) is 11.8. The molecule has 1 aliphatic heterocycles. The molecular formula is C13H24N4O. The maximum absolute atomic E-state index is 5.94. The van der Waals surface area contributed by atoms with E-state index in [1.807, 2.05) is 26.6 Å². The Hall–Kier alpha value is -0.910. The van der Waals surface area contributed by atoms with Crippen molar-refractivity contribution in [2.45, 2.75) is 32.0 Å². The summed E-state index contributed by atoms with van der Waals surface area (Å²) >= 11 is 0. The van der Waals surface area contributed by atoms with E-state index in [-0.39, 0.29) is 12.1 Å². The van der Waals surface area contributed by atoms with E-state index < -0.39 is 0 Å². The van der Waals surface area contributed by atoms with Gasteiger partial charge in [0.05, 0.1) is 30.8 Å². The van der Waals surface area contributed by atoms with E-state index in [1.165, 1.54) is 5.69 Å². The smallest absolute Gasteiger partial charge is 0.0946 e. The van der Waals surface area contributed by atoms with Crippen LogP contribution in [0.2, 0.25) is 0 Å². The molecule has 2 rings (SSSR count). The van der Waals surface area contributed by atoms with Crippen molar-refractivity contribution in [1.82, 2.24) is 19.8 Å². The van der Waals surface area contributed by atoms with Gasteiger partial charge in [-0.2, -0.15) is 0 Å². The van der Waals surface area contributed by atoms with Crippen molar-refractivity contribution in [3.8, 4) is 0 Å². The molecule has 5 nitrogen and oxygen atoms in total. The summed E-state index contributed by atoms with van der Waals surface area (Å²) in [5.41, 5.74) is 1.23. The lowest BCUT2D eigenvalue weighted by atomic mass is 10.0. The van der Waals surface area contributed by atoms with E-state index in [4.69, 9.17) is 4.74 Å². The van der Waals surface area contributed by atoms with Crippen LogP contribution in [-0.4, -0.2) is 53.3 Å². The number of aromatic nitrogens is 2. The van der Waals surface area contributed by atoms with Gasteiger partial charge < -0.3 is 14.6 Å². The molecule has 1 N–H and O–H groups in total. The molecule has 1 aromatic rings. The number of morpholine rings is 1. The maximum atomic E-state index is 5.94. The molecule has 1 aromatic heterocycles. The summed E-state index contributed by atoms with van der Waals surface area (Å²) < 4.78 is 8.04. The minimum absolute atomic E-state index is 0.182. The second-order valence-corrected chi connectivity index (χ2v) is 5.17. The first-order valence-corrected chi connectivity index (χ1v) is 6.63. The van der Waals surface area contributed by atoms with Crippen molar-refractivity contribution in [3.05, 3.63) is 18.2 Å². The third kappa shape index (κ3) is 2.58. The summed E-state index contributed by atoms with van der Waals surface area (Å²) in [6.45, 7) is 7.13. The molecule has 5 heteroatoms. The summed E-state index contributed by atoms with van der Waals surface area (Å²) in [6, 6.07) is 0.784. The van der Waals surface area contributed by atoms with Crippen LogP contribution < -0.4 is 5.32 Å². The molecule has 2 heterocycles. The molecule has 0 bridgehead atoms. The summed E-state index contributed by atoms with van der Waals surface area (Å²) in [7, 11) is 4.02. The third-order valence-corrected chi connectivity index (χ3v) is 3.62. The summed E-state index contributed by atoms with van der Waals surface area (Å²) in [4.78, 5) is 6.75. The van der Waals surface area contributed by atoms with Crippen LogP contribution in [0.15, 0.2) is 12.5 Å². The van der Waals surface area contributed by atoms with Gasteiger partial charge in [0.2, 0.25) is 0 Å². The highest BCUT2D eigenvalue weighted by molar-refractivity contribution is 5.10. The average molecular weight is 252 g/mol. The van der Waals surface area contributed by atoms with Crippen LogP contribution in [0.1, 0.15) is 25.6 Å². The molecule has 0 aromatic carbocycles. The Morgan fingerprint density at radius 1 is 1.56 bits per heavy atom. The van der Waals surface area contributed by atoms with Crippen LogP contribution in [0.5, 0.6) is 0 Å². The number of hydrogen-bond donors (Lipinski definition) is 1. The molecule has 0 radical (unpaired) electrons. The topological polar surface area (TPSA) is 42.3 Å². The lowest BCUT2D eigenvalue weighted by molar-refractivity contribution is -0.0836. The Bertz CT molecular complexity index is 375. The molecular weight excluding hydrogens is 228 g/mol. The van der Waals surface area contributed by atoms with E-state index in [2.05, 4.69) is 33.6 Å². The second kappa shape index (κ2) is 5.82. The van der Waals surface area contributed by atoms with Crippen LogP contribution in [0.4, 0.5) is 0 Å². The molecule has 1 fully saturated rings. The highest BCUT2D eigenvalue weighted by Crippen LogP contribution is 2.30. The zero-order chi connectivity index (χ0) is 13.1. The van der Waals surface area contributed by atoms with Gasteiger partial charge >= 0.3 is 0 Å². The quantitative estimate of drug-likeness (QED) is 0.860. The van der Waals surface area contributed by atoms with Crippen LogP contribution >= 0.6 is 0 Å². The zero-order valence-electron chi connectivity index (χ0n) is 11.8. The third-order valence-electron chi connectivity index (χ3n) is 3.62. The number of nitrogens with zero attached hydrogens (tertiary/aromatic N) is 3. The number of aryl methyl sites for hydroxylation is 1. The molecule has 0 amide bonds. The van der Waals surface area contributed by atoms with Gasteiger partial charge in [-0.05, 0) is 20.9 Å². The molecule has 18 heavy (non-hydrogen) atoms. The van der Waals surface area contributed by atoms with Crippen molar-refractivity contribution in [3.63, 3.8) is 0 Å². The molecule has 102 valence electrons. The van der Waals surface area contributed by atoms with E-state index in [0.717, 1.165) is 19.7 Å². The van der Waals surface area contributed by atoms with Crippen LogP contribution in [0.25, 0.3) is 0 Å². The number of hydrogen-bond acceptors (Lipinski definition) is 4. The van der Waals surface area contributed by atoms with E-state index in [9.17, 15) is 0 Å². The molecule has 0 aliphatic carbocycles. The first kappa shape index (κ1) is 13.5. The summed E-state index contributed by atoms with van der Waals surface area (Å²) in [5, 5.41) is 3.23. The number of ether oxygens (including phenoxy) is 1. The van der Waals surface area contributed by atoms with Crippen LogP contribution in [0, 0.1) is 0 Å². The lowest BCUT2D eigenvalue weighted by Crippen LogP contribution is -2.51. The first-order valence-electron chi connectivity index (χ1n) is 6.63. The van der Waals surface area contributed by atoms with Crippen molar-refractivity contribution < 1.29 is 4.74 Å². The Morgan fingerprint density at radius 3 is 2.89 bits per heavy atom. The van der Waals surface area contributed by atoms with Gasteiger partial charge in [-0.1, -0.05) is 0 Å². The minimum atomic E-state index is 0.182. The normalized spacial score (nSPS) is 25.8. The number of likely N-dealkylation sites (N-methyl/N-ethyl adjacent to an activating group) is 1.